The zero-order chi connectivity index (χ0) is 13.9. The Bertz CT molecular complexity index is 565. The number of carbonyl (C=O) groups is 2. The van der Waals surface area contributed by atoms with Crippen molar-refractivity contribution >= 4 is 11.8 Å². The molecule has 98 valence electrons. The van der Waals surface area contributed by atoms with Gasteiger partial charge in [0.1, 0.15) is 0 Å². The van der Waals surface area contributed by atoms with E-state index < -0.39 is 11.6 Å². The van der Waals surface area contributed by atoms with E-state index in [-0.39, 0.29) is 11.6 Å². The molecule has 0 bridgehead atoms. The molecule has 0 saturated carbocycles. The van der Waals surface area contributed by atoms with E-state index >= 15 is 0 Å². The second-order valence-corrected chi connectivity index (χ2v) is 4.08. The maximum Gasteiger partial charge on any atom is 0.264 e. The molecule has 1 aliphatic heterocycles. The molecule has 1 aliphatic rings. The van der Waals surface area contributed by atoms with Crippen LogP contribution in [0.3, 0.4) is 0 Å². The van der Waals surface area contributed by atoms with Crippen molar-refractivity contribution in [3.63, 3.8) is 0 Å². The Hall–Kier alpha value is -2.60. The quantitative estimate of drug-likeness (QED) is 0.589. The van der Waals surface area contributed by atoms with Gasteiger partial charge in [-0.15, -0.1) is 0 Å². The van der Waals surface area contributed by atoms with E-state index in [1.165, 1.54) is 12.3 Å². The summed E-state index contributed by atoms with van der Waals surface area (Å²) in [6.07, 6.45) is 4.64. The first-order chi connectivity index (χ1) is 9.04. The second-order valence-electron chi connectivity index (χ2n) is 4.08. The zero-order valence-corrected chi connectivity index (χ0v) is 10.1. The van der Waals surface area contributed by atoms with Gasteiger partial charge in [-0.05, 0) is 30.5 Å². The number of nitrogens with two attached hydrogens (primary N) is 2. The van der Waals surface area contributed by atoms with Crippen molar-refractivity contribution < 1.29 is 9.59 Å². The molecule has 0 radical (unpaired) electrons. The van der Waals surface area contributed by atoms with Gasteiger partial charge in [0.2, 0.25) is 5.66 Å². The topological polar surface area (TPSA) is 110 Å². The molecular formula is C13H14N4O2. The fourth-order valence-electron chi connectivity index (χ4n) is 1.66. The number of rotatable bonds is 3. The van der Waals surface area contributed by atoms with Gasteiger partial charge in [-0.1, -0.05) is 18.2 Å². The average molecular weight is 258 g/mol. The van der Waals surface area contributed by atoms with Crippen LogP contribution in [0.5, 0.6) is 0 Å². The summed E-state index contributed by atoms with van der Waals surface area (Å²) in [6.45, 7) is 0. The van der Waals surface area contributed by atoms with E-state index in [9.17, 15) is 9.59 Å². The predicted octanol–water partition coefficient (Wildman–Crippen LogP) is -0.442. The molecule has 2 rings (SSSR count). The third-order valence-corrected chi connectivity index (χ3v) is 2.77. The Kier molecular flexibility index (Phi) is 3.35. The van der Waals surface area contributed by atoms with Crippen LogP contribution in [0.25, 0.3) is 0 Å². The van der Waals surface area contributed by atoms with E-state index in [0.29, 0.717) is 5.56 Å². The number of dihydropyridines is 1. The number of hydrogen-bond acceptors (Lipinski definition) is 4. The summed E-state index contributed by atoms with van der Waals surface area (Å²) in [5.41, 5.74) is 10.2. The van der Waals surface area contributed by atoms with E-state index in [1.807, 2.05) is 0 Å². The van der Waals surface area contributed by atoms with Gasteiger partial charge in [0.05, 0.1) is 5.70 Å². The van der Waals surface area contributed by atoms with Crippen molar-refractivity contribution in [1.29, 1.82) is 0 Å². The maximum atomic E-state index is 12.0. The SMILES string of the molecule is NC(=O)C1(N)NC=CC=C1NC(=O)c1ccccc1. The third kappa shape index (κ3) is 2.48. The van der Waals surface area contributed by atoms with Crippen LogP contribution in [-0.2, 0) is 4.79 Å². The minimum Gasteiger partial charge on any atom is -0.366 e. The summed E-state index contributed by atoms with van der Waals surface area (Å²) in [5, 5.41) is 5.23. The van der Waals surface area contributed by atoms with Gasteiger partial charge < -0.3 is 16.4 Å². The maximum absolute atomic E-state index is 12.0. The zero-order valence-electron chi connectivity index (χ0n) is 10.1. The Morgan fingerprint density at radius 2 is 1.89 bits per heavy atom. The lowest BCUT2D eigenvalue weighted by molar-refractivity contribution is -0.122. The summed E-state index contributed by atoms with van der Waals surface area (Å²) >= 11 is 0. The molecule has 1 heterocycles. The van der Waals surface area contributed by atoms with Gasteiger partial charge in [-0.25, -0.2) is 0 Å². The molecule has 1 unspecified atom stereocenters. The van der Waals surface area contributed by atoms with Crippen LogP contribution >= 0.6 is 0 Å². The van der Waals surface area contributed by atoms with Crippen LogP contribution < -0.4 is 22.1 Å². The van der Waals surface area contributed by atoms with Crippen LogP contribution in [0.15, 0.2) is 54.4 Å². The van der Waals surface area contributed by atoms with E-state index in [4.69, 9.17) is 11.5 Å². The lowest BCUT2D eigenvalue weighted by atomic mass is 10.0. The summed E-state index contributed by atoms with van der Waals surface area (Å²) < 4.78 is 0. The molecule has 1 aromatic carbocycles. The Morgan fingerprint density at radius 3 is 2.53 bits per heavy atom. The molecule has 1 aromatic rings. The molecule has 6 heteroatoms. The first kappa shape index (κ1) is 12.8. The van der Waals surface area contributed by atoms with E-state index in [1.54, 1.807) is 36.4 Å². The van der Waals surface area contributed by atoms with Gasteiger partial charge in [-0.3, -0.25) is 15.3 Å². The molecule has 0 saturated heterocycles. The smallest absolute Gasteiger partial charge is 0.264 e. The highest BCUT2D eigenvalue weighted by atomic mass is 16.2. The largest absolute Gasteiger partial charge is 0.366 e. The number of benzene rings is 1. The number of carbonyl (C=O) groups excluding carboxylic acids is 2. The predicted molar refractivity (Wildman–Crippen MR) is 70.4 cm³/mol. The van der Waals surface area contributed by atoms with Crippen LogP contribution in [-0.4, -0.2) is 17.5 Å². The van der Waals surface area contributed by atoms with Gasteiger partial charge in [-0.2, -0.15) is 0 Å². The summed E-state index contributed by atoms with van der Waals surface area (Å²) in [6, 6.07) is 8.60. The van der Waals surface area contributed by atoms with Crippen LogP contribution in [0, 0.1) is 0 Å². The standard InChI is InChI=1S/C13H14N4O2/c14-12(19)13(15)10(7-4-8-16-13)17-11(18)9-5-2-1-3-6-9/h1-8,16H,15H2,(H2,14,19)(H,17,18). The molecule has 6 nitrogen and oxygen atoms in total. The number of primary amides is 1. The Balaban J connectivity index is 2.22. The Labute approximate surface area is 110 Å². The highest BCUT2D eigenvalue weighted by Crippen LogP contribution is 2.13. The molecule has 1 atom stereocenters. The third-order valence-electron chi connectivity index (χ3n) is 2.77. The van der Waals surface area contributed by atoms with Gasteiger partial charge in [0.15, 0.2) is 0 Å². The molecular weight excluding hydrogens is 244 g/mol. The lowest BCUT2D eigenvalue weighted by Crippen LogP contribution is -2.65. The lowest BCUT2D eigenvalue weighted by Gasteiger charge is -2.31. The van der Waals surface area contributed by atoms with Gasteiger partial charge >= 0.3 is 0 Å². The summed E-state index contributed by atoms with van der Waals surface area (Å²) in [5.74, 6) is -1.14. The summed E-state index contributed by atoms with van der Waals surface area (Å²) in [4.78, 5) is 23.4. The van der Waals surface area contributed by atoms with Crippen LogP contribution in [0.4, 0.5) is 0 Å². The second kappa shape index (κ2) is 4.95. The number of hydrogen-bond donors (Lipinski definition) is 4. The Morgan fingerprint density at radius 1 is 1.21 bits per heavy atom. The fraction of sp³-hybridized carbons (Fsp3) is 0.0769. The van der Waals surface area contributed by atoms with Crippen molar-refractivity contribution in [3.05, 3.63) is 59.9 Å². The first-order valence-corrected chi connectivity index (χ1v) is 5.64. The van der Waals surface area contributed by atoms with Crippen molar-refractivity contribution in [2.45, 2.75) is 5.66 Å². The monoisotopic (exact) mass is 258 g/mol. The van der Waals surface area contributed by atoms with E-state index in [0.717, 1.165) is 0 Å². The van der Waals surface area contributed by atoms with Crippen molar-refractivity contribution in [2.24, 2.45) is 11.5 Å². The van der Waals surface area contributed by atoms with Crippen LogP contribution in [0.2, 0.25) is 0 Å². The molecule has 0 aromatic heterocycles. The van der Waals surface area contributed by atoms with Gasteiger partial charge in [0.25, 0.3) is 11.8 Å². The highest BCUT2D eigenvalue weighted by Gasteiger charge is 2.37. The first-order valence-electron chi connectivity index (χ1n) is 5.64. The summed E-state index contributed by atoms with van der Waals surface area (Å²) in [7, 11) is 0. The molecule has 0 spiro atoms. The number of nitrogens with one attached hydrogen (secondary N) is 2. The highest BCUT2D eigenvalue weighted by molar-refractivity contribution is 5.97. The van der Waals surface area contributed by atoms with Crippen LogP contribution in [0.1, 0.15) is 10.4 Å². The minimum atomic E-state index is -1.61. The molecule has 0 fully saturated rings. The van der Waals surface area contributed by atoms with Crippen molar-refractivity contribution in [2.75, 3.05) is 0 Å². The minimum absolute atomic E-state index is 0.205. The average Bonchev–Trinajstić information content (AvgIpc) is 2.42. The number of amides is 2. The fourth-order valence-corrected chi connectivity index (χ4v) is 1.66. The normalized spacial score (nSPS) is 21.2. The molecule has 2 amide bonds. The van der Waals surface area contributed by atoms with E-state index in [2.05, 4.69) is 10.6 Å². The molecule has 19 heavy (non-hydrogen) atoms. The molecule has 6 N–H and O–H groups in total. The van der Waals surface area contributed by atoms with Crippen molar-refractivity contribution in [3.8, 4) is 0 Å². The van der Waals surface area contributed by atoms with Crippen molar-refractivity contribution in [1.82, 2.24) is 10.6 Å². The van der Waals surface area contributed by atoms with Gasteiger partial charge in [0, 0.05) is 5.56 Å². The molecule has 0 aliphatic carbocycles. The number of allylic oxidation sites excluding steroid dienone is 2.